The fourth-order valence-corrected chi connectivity index (χ4v) is 0.639. The van der Waals surface area contributed by atoms with Gasteiger partial charge in [0.15, 0.2) is 5.57 Å². The molecule has 0 aliphatic rings. The van der Waals surface area contributed by atoms with Crippen molar-refractivity contribution in [2.24, 2.45) is 5.73 Å². The first-order chi connectivity index (χ1) is 4.63. The lowest BCUT2D eigenvalue weighted by atomic mass is 10.3. The maximum Gasteiger partial charge on any atom is 0.351 e. The van der Waals surface area contributed by atoms with E-state index in [1.54, 1.807) is 28.7 Å². The molecule has 0 bridgehead atoms. The first-order valence-corrected chi connectivity index (χ1v) is 3.35. The molecular weight excluding hydrogens is 247 g/mol. The first kappa shape index (κ1) is 9.23. The molecule has 10 heavy (non-hydrogen) atoms. The number of hydrogen-bond acceptors (Lipinski definition) is 4. The maximum atomic E-state index is 10.6. The van der Waals surface area contributed by atoms with Crippen molar-refractivity contribution in [2.75, 3.05) is 7.11 Å². The Balaban J connectivity index is 4.59. The summed E-state index contributed by atoms with van der Waals surface area (Å²) < 4.78 is 4.41. The molecule has 0 unspecified atom stereocenters. The van der Waals surface area contributed by atoms with Gasteiger partial charge in [-0.05, 0) is 22.6 Å². The van der Waals surface area contributed by atoms with Crippen LogP contribution in [-0.2, 0) is 9.53 Å². The molecule has 0 aromatic rings. The van der Waals surface area contributed by atoms with E-state index in [2.05, 4.69) is 4.74 Å². The molecule has 0 aromatic carbocycles. The third-order valence-corrected chi connectivity index (χ3v) is 1.28. The van der Waals surface area contributed by atoms with Crippen LogP contribution in [0.3, 0.4) is 0 Å². The van der Waals surface area contributed by atoms with Gasteiger partial charge in [-0.3, -0.25) is 0 Å². The van der Waals surface area contributed by atoms with E-state index < -0.39 is 5.97 Å². The molecule has 0 heterocycles. The minimum Gasteiger partial charge on any atom is -0.465 e. The van der Waals surface area contributed by atoms with Crippen molar-refractivity contribution in [1.82, 2.24) is 0 Å². The minimum absolute atomic E-state index is 0.145. The van der Waals surface area contributed by atoms with Crippen molar-refractivity contribution in [2.45, 2.75) is 0 Å². The monoisotopic (exact) mass is 252 g/mol. The Morgan fingerprint density at radius 1 is 1.80 bits per heavy atom. The molecule has 0 spiro atoms. The summed E-state index contributed by atoms with van der Waals surface area (Å²) in [7, 11) is 1.19. The van der Waals surface area contributed by atoms with Crippen molar-refractivity contribution in [3.63, 3.8) is 0 Å². The summed E-state index contributed by atoms with van der Waals surface area (Å²) in [4.78, 5) is 10.6. The molecule has 0 radical (unpaired) electrons. The van der Waals surface area contributed by atoms with Crippen molar-refractivity contribution in [1.29, 1.82) is 5.26 Å². The number of nitrogens with two attached hydrogens (primary N) is 1. The van der Waals surface area contributed by atoms with Crippen LogP contribution >= 0.6 is 22.6 Å². The number of nitrogens with zero attached hydrogens (tertiary/aromatic N) is 1. The molecular formula is C5H5IN2O2. The van der Waals surface area contributed by atoms with Gasteiger partial charge in [-0.2, -0.15) is 5.26 Å². The quantitative estimate of drug-likeness (QED) is 0.239. The van der Waals surface area contributed by atoms with E-state index in [4.69, 9.17) is 11.0 Å². The molecule has 2 N–H and O–H groups in total. The van der Waals surface area contributed by atoms with Gasteiger partial charge in [0.05, 0.1) is 10.8 Å². The third kappa shape index (κ3) is 2.23. The van der Waals surface area contributed by atoms with Crippen molar-refractivity contribution in [3.8, 4) is 6.07 Å². The van der Waals surface area contributed by atoms with Crippen LogP contribution in [0.2, 0.25) is 0 Å². The largest absolute Gasteiger partial charge is 0.465 e. The standard InChI is InChI=1S/C5H5IN2O2/c1-10-5(9)3(2-7)4(6)8/h8H2,1H3/b4-3-. The number of methoxy groups -OCH3 is 1. The third-order valence-electron chi connectivity index (χ3n) is 0.740. The van der Waals surface area contributed by atoms with E-state index in [-0.39, 0.29) is 9.28 Å². The molecule has 0 aliphatic heterocycles. The van der Waals surface area contributed by atoms with Gasteiger partial charge >= 0.3 is 5.97 Å². The predicted molar refractivity (Wildman–Crippen MR) is 42.9 cm³/mol. The Morgan fingerprint density at radius 3 is 2.40 bits per heavy atom. The summed E-state index contributed by atoms with van der Waals surface area (Å²) in [6.07, 6.45) is 0. The highest BCUT2D eigenvalue weighted by Gasteiger charge is 2.10. The Bertz CT molecular complexity index is 212. The van der Waals surface area contributed by atoms with Crippen LogP contribution in [0.4, 0.5) is 0 Å². The summed E-state index contributed by atoms with van der Waals surface area (Å²) in [6, 6.07) is 1.62. The van der Waals surface area contributed by atoms with Gasteiger partial charge in [0.2, 0.25) is 0 Å². The Morgan fingerprint density at radius 2 is 2.30 bits per heavy atom. The van der Waals surface area contributed by atoms with E-state index in [1.807, 2.05) is 0 Å². The van der Waals surface area contributed by atoms with Gasteiger partial charge < -0.3 is 10.5 Å². The molecule has 5 heteroatoms. The van der Waals surface area contributed by atoms with Crippen molar-refractivity contribution < 1.29 is 9.53 Å². The van der Waals surface area contributed by atoms with Crippen LogP contribution < -0.4 is 5.73 Å². The topological polar surface area (TPSA) is 76.1 Å². The lowest BCUT2D eigenvalue weighted by Gasteiger charge is -1.95. The number of esters is 1. The molecule has 0 amide bonds. The van der Waals surface area contributed by atoms with Crippen molar-refractivity contribution in [3.05, 3.63) is 9.28 Å². The second-order valence-corrected chi connectivity index (χ2v) is 2.49. The highest BCUT2D eigenvalue weighted by molar-refractivity contribution is 14.1. The number of carbonyl (C=O) groups excluding carboxylic acids is 1. The lowest BCUT2D eigenvalue weighted by Crippen LogP contribution is -2.07. The van der Waals surface area contributed by atoms with Crippen LogP contribution in [0.15, 0.2) is 9.28 Å². The van der Waals surface area contributed by atoms with E-state index in [1.165, 1.54) is 7.11 Å². The summed E-state index contributed by atoms with van der Waals surface area (Å²) in [6.45, 7) is 0. The fraction of sp³-hybridized carbons (Fsp3) is 0.200. The zero-order valence-corrected chi connectivity index (χ0v) is 7.38. The van der Waals surface area contributed by atoms with E-state index in [0.29, 0.717) is 0 Å². The normalized spacial score (nSPS) is 11.3. The summed E-state index contributed by atoms with van der Waals surface area (Å²) in [5.41, 5.74) is 5.02. The van der Waals surface area contributed by atoms with Crippen LogP contribution in [0.25, 0.3) is 0 Å². The average molecular weight is 252 g/mol. The molecule has 4 nitrogen and oxygen atoms in total. The summed E-state index contributed by atoms with van der Waals surface area (Å²) in [5, 5.41) is 8.30. The molecule has 0 fully saturated rings. The van der Waals surface area contributed by atoms with Crippen LogP contribution in [-0.4, -0.2) is 13.1 Å². The SMILES string of the molecule is COC(=O)/C(C#N)=C(\N)I. The zero-order valence-electron chi connectivity index (χ0n) is 5.22. The van der Waals surface area contributed by atoms with Gasteiger partial charge in [0.25, 0.3) is 0 Å². The molecule has 54 valence electrons. The molecule has 0 rings (SSSR count). The average Bonchev–Trinajstić information content (AvgIpc) is 1.88. The number of nitriles is 1. The van der Waals surface area contributed by atoms with Crippen LogP contribution in [0.5, 0.6) is 0 Å². The molecule has 0 atom stereocenters. The fourth-order valence-electron chi connectivity index (χ4n) is 0.299. The second kappa shape index (κ2) is 4.11. The van der Waals surface area contributed by atoms with Crippen molar-refractivity contribution >= 4 is 28.6 Å². The molecule has 0 aromatic heterocycles. The maximum absolute atomic E-state index is 10.6. The first-order valence-electron chi connectivity index (χ1n) is 2.27. The minimum atomic E-state index is -0.700. The Kier molecular flexibility index (Phi) is 3.79. The predicted octanol–water partition coefficient (Wildman–Crippen LogP) is 0.288. The zero-order chi connectivity index (χ0) is 8.15. The number of hydrogen-bond donors (Lipinski definition) is 1. The number of rotatable bonds is 1. The van der Waals surface area contributed by atoms with E-state index in [9.17, 15) is 4.79 Å². The van der Waals surface area contributed by atoms with E-state index >= 15 is 0 Å². The molecule has 0 aliphatic carbocycles. The van der Waals surface area contributed by atoms with Gasteiger partial charge in [0, 0.05) is 0 Å². The number of halogens is 1. The second-order valence-electron chi connectivity index (χ2n) is 1.33. The van der Waals surface area contributed by atoms with Crippen LogP contribution in [0, 0.1) is 11.3 Å². The highest BCUT2D eigenvalue weighted by Crippen LogP contribution is 2.06. The molecule has 0 saturated carbocycles. The summed E-state index contributed by atoms with van der Waals surface area (Å²) in [5.74, 6) is -0.700. The smallest absolute Gasteiger partial charge is 0.351 e. The van der Waals surface area contributed by atoms with Gasteiger partial charge in [-0.25, -0.2) is 4.79 Å². The number of ether oxygens (including phenoxy) is 1. The van der Waals surface area contributed by atoms with Gasteiger partial charge in [-0.1, -0.05) is 0 Å². The van der Waals surface area contributed by atoms with Crippen LogP contribution in [0.1, 0.15) is 0 Å². The Labute approximate surface area is 71.8 Å². The summed E-state index contributed by atoms with van der Waals surface area (Å²) >= 11 is 1.68. The number of carbonyl (C=O) groups is 1. The lowest BCUT2D eigenvalue weighted by molar-refractivity contribution is -0.135. The Hall–Kier alpha value is -0.770. The van der Waals surface area contributed by atoms with Gasteiger partial charge in [-0.15, -0.1) is 0 Å². The highest BCUT2D eigenvalue weighted by atomic mass is 127. The molecule has 0 saturated heterocycles. The van der Waals surface area contributed by atoms with E-state index in [0.717, 1.165) is 0 Å². The van der Waals surface area contributed by atoms with Gasteiger partial charge in [0.1, 0.15) is 6.07 Å².